The molecule has 7 nitrogen and oxygen atoms in total. The molecule has 4 N–H and O–H groups in total. The van der Waals surface area contributed by atoms with Gasteiger partial charge in [-0.3, -0.25) is 4.79 Å². The molecule has 8 heteroatoms. The number of carbonyl (C=O) groups excluding carboxylic acids is 1. The predicted molar refractivity (Wildman–Crippen MR) is 121 cm³/mol. The summed E-state index contributed by atoms with van der Waals surface area (Å²) in [6.45, 7) is 2.03. The topological polar surface area (TPSA) is 106 Å². The minimum absolute atomic E-state index is 0.194. The Morgan fingerprint density at radius 3 is 2.68 bits per heavy atom. The molecule has 4 rings (SSSR count). The van der Waals surface area contributed by atoms with E-state index in [2.05, 4.69) is 15.4 Å². The summed E-state index contributed by atoms with van der Waals surface area (Å²) in [5.41, 5.74) is 8.04. The van der Waals surface area contributed by atoms with Gasteiger partial charge in [-0.1, -0.05) is 48.0 Å². The van der Waals surface area contributed by atoms with Gasteiger partial charge in [-0.05, 0) is 54.3 Å². The number of nitrogens with zero attached hydrogens (tertiary/aromatic N) is 3. The number of rotatable bonds is 6. The van der Waals surface area contributed by atoms with Gasteiger partial charge >= 0.3 is 0 Å². The standard InChI is InChI=1S/C23H22ClN5O2/c1-23(31,17-5-3-2-4-6-17)10-11-26-21(30)18-13-15(7-8-19(18)24)16-9-12-29-20(14-16)27-22(25)28-29/h2-9,12-14,31H,10-11H2,1H3,(H2,25,28)(H,26,30). The Bertz CT molecular complexity index is 1240. The van der Waals surface area contributed by atoms with Crippen molar-refractivity contribution in [2.75, 3.05) is 12.3 Å². The molecule has 1 atom stereocenters. The third kappa shape index (κ3) is 4.52. The summed E-state index contributed by atoms with van der Waals surface area (Å²) in [5, 5.41) is 18.0. The molecule has 158 valence electrons. The molecule has 31 heavy (non-hydrogen) atoms. The minimum atomic E-state index is -1.05. The third-order valence-corrected chi connectivity index (χ3v) is 5.52. The maximum absolute atomic E-state index is 12.8. The summed E-state index contributed by atoms with van der Waals surface area (Å²) in [6.07, 6.45) is 2.12. The van der Waals surface area contributed by atoms with E-state index in [1.807, 2.05) is 48.5 Å². The number of aliphatic hydroxyl groups is 1. The number of fused-ring (bicyclic) bond motifs is 1. The van der Waals surface area contributed by atoms with Crippen LogP contribution in [-0.2, 0) is 5.60 Å². The van der Waals surface area contributed by atoms with Crippen molar-refractivity contribution in [3.8, 4) is 11.1 Å². The highest BCUT2D eigenvalue weighted by Crippen LogP contribution is 2.27. The number of pyridine rings is 1. The van der Waals surface area contributed by atoms with Crippen molar-refractivity contribution >= 4 is 29.1 Å². The summed E-state index contributed by atoms with van der Waals surface area (Å²) in [5.74, 6) is -0.108. The maximum Gasteiger partial charge on any atom is 0.252 e. The van der Waals surface area contributed by atoms with E-state index >= 15 is 0 Å². The number of carbonyl (C=O) groups is 1. The Balaban J connectivity index is 1.49. The van der Waals surface area contributed by atoms with Crippen molar-refractivity contribution in [3.05, 3.63) is 83.0 Å². The number of aromatic nitrogens is 3. The van der Waals surface area contributed by atoms with Crippen LogP contribution in [0.1, 0.15) is 29.3 Å². The molecule has 0 aliphatic heterocycles. The number of nitrogen functional groups attached to an aromatic ring is 1. The minimum Gasteiger partial charge on any atom is -0.385 e. The third-order valence-electron chi connectivity index (χ3n) is 5.19. The SMILES string of the molecule is CC(O)(CCNC(=O)c1cc(-c2ccn3nc(N)nc3c2)ccc1Cl)c1ccccc1. The van der Waals surface area contributed by atoms with E-state index in [1.165, 1.54) is 0 Å². The lowest BCUT2D eigenvalue weighted by Crippen LogP contribution is -2.31. The second-order valence-corrected chi connectivity index (χ2v) is 7.94. The van der Waals surface area contributed by atoms with Crippen LogP contribution in [0.15, 0.2) is 66.9 Å². The first-order valence-corrected chi connectivity index (χ1v) is 10.2. The van der Waals surface area contributed by atoms with Crippen LogP contribution in [0.25, 0.3) is 16.8 Å². The number of nitrogens with one attached hydrogen (secondary N) is 1. The zero-order chi connectivity index (χ0) is 22.0. The Morgan fingerprint density at radius 2 is 1.90 bits per heavy atom. The van der Waals surface area contributed by atoms with Gasteiger partial charge in [-0.2, -0.15) is 4.98 Å². The molecule has 1 amide bonds. The van der Waals surface area contributed by atoms with Crippen LogP contribution >= 0.6 is 11.6 Å². The van der Waals surface area contributed by atoms with E-state index in [0.29, 0.717) is 29.2 Å². The summed E-state index contributed by atoms with van der Waals surface area (Å²) in [6, 6.07) is 18.3. The number of halogens is 1. The maximum atomic E-state index is 12.8. The summed E-state index contributed by atoms with van der Waals surface area (Å²) < 4.78 is 1.58. The number of nitrogens with two attached hydrogens (primary N) is 1. The summed E-state index contributed by atoms with van der Waals surface area (Å²) in [7, 11) is 0. The van der Waals surface area contributed by atoms with E-state index in [4.69, 9.17) is 17.3 Å². The van der Waals surface area contributed by atoms with Crippen molar-refractivity contribution in [2.45, 2.75) is 18.9 Å². The zero-order valence-corrected chi connectivity index (χ0v) is 17.7. The van der Waals surface area contributed by atoms with E-state index in [9.17, 15) is 9.90 Å². The van der Waals surface area contributed by atoms with Crippen molar-refractivity contribution < 1.29 is 9.90 Å². The van der Waals surface area contributed by atoms with E-state index in [1.54, 1.807) is 29.8 Å². The summed E-state index contributed by atoms with van der Waals surface area (Å²) in [4.78, 5) is 16.9. The van der Waals surface area contributed by atoms with Gasteiger partial charge in [0.25, 0.3) is 5.91 Å². The molecule has 1 unspecified atom stereocenters. The fourth-order valence-corrected chi connectivity index (χ4v) is 3.62. The lowest BCUT2D eigenvalue weighted by molar-refractivity contribution is 0.0475. The van der Waals surface area contributed by atoms with Crippen LogP contribution in [0.2, 0.25) is 5.02 Å². The fourth-order valence-electron chi connectivity index (χ4n) is 3.41. The quantitative estimate of drug-likeness (QED) is 0.428. The monoisotopic (exact) mass is 435 g/mol. The van der Waals surface area contributed by atoms with E-state index in [-0.39, 0.29) is 11.9 Å². The normalized spacial score (nSPS) is 13.1. The van der Waals surface area contributed by atoms with Crippen LogP contribution in [0.5, 0.6) is 0 Å². The smallest absolute Gasteiger partial charge is 0.252 e. The van der Waals surface area contributed by atoms with Crippen LogP contribution in [0.3, 0.4) is 0 Å². The second-order valence-electron chi connectivity index (χ2n) is 7.53. The fraction of sp³-hybridized carbons (Fsp3) is 0.174. The number of hydrogen-bond acceptors (Lipinski definition) is 5. The largest absolute Gasteiger partial charge is 0.385 e. The molecule has 0 aliphatic carbocycles. The zero-order valence-electron chi connectivity index (χ0n) is 16.9. The molecule has 0 saturated heterocycles. The van der Waals surface area contributed by atoms with Gasteiger partial charge < -0.3 is 16.2 Å². The molecule has 0 radical (unpaired) electrons. The first kappa shape index (κ1) is 20.8. The first-order chi connectivity index (χ1) is 14.8. The van der Waals surface area contributed by atoms with Gasteiger partial charge in [0.2, 0.25) is 5.95 Å². The molecule has 0 spiro atoms. The van der Waals surface area contributed by atoms with Crippen LogP contribution in [-0.4, -0.2) is 32.2 Å². The molecular weight excluding hydrogens is 414 g/mol. The Kier molecular flexibility index (Phi) is 5.63. The van der Waals surface area contributed by atoms with E-state index < -0.39 is 5.60 Å². The lowest BCUT2D eigenvalue weighted by Gasteiger charge is -2.24. The van der Waals surface area contributed by atoms with Crippen molar-refractivity contribution in [3.63, 3.8) is 0 Å². The summed E-state index contributed by atoms with van der Waals surface area (Å²) >= 11 is 6.29. The Hall–Kier alpha value is -3.42. The number of anilines is 1. The highest BCUT2D eigenvalue weighted by Gasteiger charge is 2.23. The van der Waals surface area contributed by atoms with Gasteiger partial charge in [-0.25, -0.2) is 4.52 Å². The van der Waals surface area contributed by atoms with Crippen molar-refractivity contribution in [1.82, 2.24) is 19.9 Å². The first-order valence-electron chi connectivity index (χ1n) is 9.81. The highest BCUT2D eigenvalue weighted by molar-refractivity contribution is 6.34. The van der Waals surface area contributed by atoms with Gasteiger partial charge in [-0.15, -0.1) is 5.10 Å². The number of hydrogen-bond donors (Lipinski definition) is 3. The Morgan fingerprint density at radius 1 is 1.16 bits per heavy atom. The van der Waals surface area contributed by atoms with Crippen molar-refractivity contribution in [1.29, 1.82) is 0 Å². The van der Waals surface area contributed by atoms with Crippen LogP contribution < -0.4 is 11.1 Å². The lowest BCUT2D eigenvalue weighted by atomic mass is 9.92. The van der Waals surface area contributed by atoms with Crippen LogP contribution in [0, 0.1) is 0 Å². The molecule has 2 aromatic heterocycles. The van der Waals surface area contributed by atoms with Gasteiger partial charge in [0.1, 0.15) is 0 Å². The molecule has 0 aliphatic rings. The molecule has 0 saturated carbocycles. The van der Waals surface area contributed by atoms with E-state index in [0.717, 1.165) is 16.7 Å². The molecule has 4 aromatic rings. The molecule has 0 fully saturated rings. The molecule has 2 aromatic carbocycles. The van der Waals surface area contributed by atoms with Gasteiger partial charge in [0.15, 0.2) is 5.65 Å². The van der Waals surface area contributed by atoms with Gasteiger partial charge in [0, 0.05) is 12.7 Å². The highest BCUT2D eigenvalue weighted by atomic mass is 35.5. The predicted octanol–water partition coefficient (Wildman–Crippen LogP) is 3.66. The second kappa shape index (κ2) is 8.37. The Labute approximate surface area is 184 Å². The molecular formula is C23H22ClN5O2. The number of amides is 1. The average Bonchev–Trinajstić information content (AvgIpc) is 3.13. The molecule has 0 bridgehead atoms. The van der Waals surface area contributed by atoms with Gasteiger partial charge in [0.05, 0.1) is 16.2 Å². The van der Waals surface area contributed by atoms with Crippen molar-refractivity contribution in [2.24, 2.45) is 0 Å². The molecule has 2 heterocycles. The number of benzene rings is 2. The van der Waals surface area contributed by atoms with Crippen LogP contribution in [0.4, 0.5) is 5.95 Å². The average molecular weight is 436 g/mol.